The van der Waals surface area contributed by atoms with E-state index >= 15 is 0 Å². The quantitative estimate of drug-likeness (QED) is 0.623. The Kier molecular flexibility index (Phi) is 2.88. The molecule has 0 fully saturated rings. The number of nitrogens with zero attached hydrogens (tertiary/aromatic N) is 3. The molecule has 0 atom stereocenters. The Morgan fingerprint density at radius 2 is 2.25 bits per heavy atom. The van der Waals surface area contributed by atoms with Crippen molar-refractivity contribution in [3.05, 3.63) is 12.2 Å². The molecule has 1 aromatic heterocycles. The van der Waals surface area contributed by atoms with Crippen LogP contribution in [0.15, 0.2) is 0 Å². The average Bonchev–Trinajstić information content (AvgIpc) is 1.91. The molecule has 1 rings (SSSR count). The van der Waals surface area contributed by atoms with Crippen LogP contribution in [-0.4, -0.2) is 14.8 Å². The summed E-state index contributed by atoms with van der Waals surface area (Å²) in [6, 6.07) is 0. The maximum atomic E-state index is 3.74. The second kappa shape index (κ2) is 2.96. The number of hydrogen-bond donors (Lipinski definition) is 0. The number of rotatable bonds is 0. The van der Waals surface area contributed by atoms with Gasteiger partial charge in [-0.15, -0.1) is 0 Å². The van der Waals surface area contributed by atoms with Gasteiger partial charge in [-0.2, -0.15) is 0 Å². The molecule has 0 aromatic carbocycles. The fraction of sp³-hybridized carbons (Fsp3) is 0.500. The second-order valence-corrected chi connectivity index (χ2v) is 1.38. The summed E-state index contributed by atoms with van der Waals surface area (Å²) in [6.07, 6.45) is 2.46. The van der Waals surface area contributed by atoms with Crippen molar-refractivity contribution in [1.29, 1.82) is 0 Å². The molecule has 0 aliphatic carbocycles. The van der Waals surface area contributed by atoms with Crippen LogP contribution in [0.1, 0.15) is 5.82 Å². The minimum absolute atomic E-state index is 0. The Hall–Kier alpha value is -0.198. The average molecular weight is 282 g/mol. The zero-order valence-corrected chi connectivity index (χ0v) is 7.44. The van der Waals surface area contributed by atoms with Crippen LogP contribution in [0.25, 0.3) is 0 Å². The van der Waals surface area contributed by atoms with Gasteiger partial charge in [0.2, 0.25) is 0 Å². The van der Waals surface area contributed by atoms with E-state index in [0.29, 0.717) is 0 Å². The van der Waals surface area contributed by atoms with Crippen LogP contribution in [0.5, 0.6) is 0 Å². The minimum Gasteiger partial charge on any atom is -0.418 e. The maximum Gasteiger partial charge on any atom is 0.0107 e. The fourth-order valence-electron chi connectivity index (χ4n) is 0.307. The van der Waals surface area contributed by atoms with Gasteiger partial charge in [-0.3, -0.25) is 5.10 Å². The summed E-state index contributed by atoms with van der Waals surface area (Å²) < 4.78 is 1.67. The molecule has 3 nitrogen and oxygen atoms in total. The van der Waals surface area contributed by atoms with Crippen molar-refractivity contribution in [1.82, 2.24) is 14.8 Å². The normalized spacial score (nSPS) is 8.25. The minimum atomic E-state index is 0. The van der Waals surface area contributed by atoms with Crippen molar-refractivity contribution in [2.45, 2.75) is 6.92 Å². The van der Waals surface area contributed by atoms with Gasteiger partial charge in [0.25, 0.3) is 0 Å². The summed E-state index contributed by atoms with van der Waals surface area (Å²) in [5.74, 6) is 0.889. The van der Waals surface area contributed by atoms with Crippen molar-refractivity contribution >= 4 is 0 Å². The van der Waals surface area contributed by atoms with Crippen molar-refractivity contribution in [3.8, 4) is 0 Å². The van der Waals surface area contributed by atoms with E-state index in [0.717, 1.165) is 5.82 Å². The summed E-state index contributed by atoms with van der Waals surface area (Å²) in [4.78, 5) is 3.74. The summed E-state index contributed by atoms with van der Waals surface area (Å²) in [5, 5.41) is 3.70. The molecule has 45 valence electrons. The molecule has 0 saturated carbocycles. The molecule has 0 aliphatic rings. The Morgan fingerprint density at radius 1 is 1.62 bits per heavy atom. The molecule has 0 amide bonds. The maximum absolute atomic E-state index is 3.74. The molecule has 0 spiro atoms. The molecule has 0 N–H and O–H groups in total. The topological polar surface area (TPSA) is 30.7 Å². The predicted molar refractivity (Wildman–Crippen MR) is 24.6 cm³/mol. The van der Waals surface area contributed by atoms with Crippen LogP contribution in [0, 0.1) is 13.3 Å². The van der Waals surface area contributed by atoms with E-state index in [2.05, 4.69) is 16.4 Å². The van der Waals surface area contributed by atoms with Crippen LogP contribution in [0.2, 0.25) is 0 Å². The summed E-state index contributed by atoms with van der Waals surface area (Å²) in [6.45, 7) is 1.88. The van der Waals surface area contributed by atoms with Gasteiger partial charge in [0.15, 0.2) is 0 Å². The van der Waals surface area contributed by atoms with E-state index in [1.54, 1.807) is 4.68 Å². The third-order valence-electron chi connectivity index (χ3n) is 0.875. The van der Waals surface area contributed by atoms with Gasteiger partial charge < -0.3 is 9.67 Å². The molecule has 0 unspecified atom stereocenters. The van der Waals surface area contributed by atoms with E-state index in [4.69, 9.17) is 0 Å². The van der Waals surface area contributed by atoms with Crippen LogP contribution in [-0.2, 0) is 27.5 Å². The van der Waals surface area contributed by atoms with Gasteiger partial charge in [-0.25, -0.2) is 0 Å². The molecule has 4 heteroatoms. The van der Waals surface area contributed by atoms with Crippen molar-refractivity contribution in [3.63, 3.8) is 0 Å². The van der Waals surface area contributed by atoms with Gasteiger partial charge in [-0.05, 0) is 12.2 Å². The second-order valence-electron chi connectivity index (χ2n) is 1.38. The first-order valence-electron chi connectivity index (χ1n) is 2.04. The van der Waals surface area contributed by atoms with Crippen LogP contribution in [0.4, 0.5) is 0 Å². The summed E-state index contributed by atoms with van der Waals surface area (Å²) in [5.41, 5.74) is 0. The number of aryl methyl sites for hydroxylation is 2. The van der Waals surface area contributed by atoms with Gasteiger partial charge >= 0.3 is 0 Å². The molecule has 1 aromatic rings. The molecule has 0 saturated heterocycles. The van der Waals surface area contributed by atoms with E-state index < -0.39 is 0 Å². The largest absolute Gasteiger partial charge is 0.418 e. The number of hydrogen-bond acceptors (Lipinski definition) is 2. The molecule has 0 aliphatic heterocycles. The smallest absolute Gasteiger partial charge is 0.0107 e. The van der Waals surface area contributed by atoms with Gasteiger partial charge in [0, 0.05) is 27.5 Å². The molecule has 1 heterocycles. The Balaban J connectivity index is 0.000000490. The third kappa shape index (κ3) is 1.39. The standard InChI is InChI=1S/C4H6N3.Re/c1-4-5-3-6-7(4)2;/h1-2H3;/q-1;. The third-order valence-corrected chi connectivity index (χ3v) is 0.875. The van der Waals surface area contributed by atoms with Crippen molar-refractivity contribution < 1.29 is 20.4 Å². The van der Waals surface area contributed by atoms with E-state index in [-0.39, 0.29) is 20.4 Å². The molecule has 1 radical (unpaired) electrons. The van der Waals surface area contributed by atoms with Crippen LogP contribution in [0.3, 0.4) is 0 Å². The molecule has 0 bridgehead atoms. The van der Waals surface area contributed by atoms with E-state index in [9.17, 15) is 0 Å². The fourth-order valence-corrected chi connectivity index (χ4v) is 0.307. The Bertz CT molecular complexity index is 144. The summed E-state index contributed by atoms with van der Waals surface area (Å²) in [7, 11) is 1.83. The predicted octanol–water partition coefficient (Wildman–Crippen LogP) is -0.0788. The summed E-state index contributed by atoms with van der Waals surface area (Å²) >= 11 is 0. The Morgan fingerprint density at radius 3 is 2.38 bits per heavy atom. The van der Waals surface area contributed by atoms with Gasteiger partial charge in [0.1, 0.15) is 0 Å². The Labute approximate surface area is 61.8 Å². The van der Waals surface area contributed by atoms with Crippen LogP contribution < -0.4 is 0 Å². The first kappa shape index (κ1) is 7.80. The van der Waals surface area contributed by atoms with E-state index in [1.165, 1.54) is 0 Å². The molecular formula is C4H6N3Re-. The molecule has 8 heavy (non-hydrogen) atoms. The zero-order chi connectivity index (χ0) is 5.28. The first-order chi connectivity index (χ1) is 3.30. The van der Waals surface area contributed by atoms with Gasteiger partial charge in [-0.1, -0.05) is 6.92 Å². The van der Waals surface area contributed by atoms with Crippen molar-refractivity contribution in [2.24, 2.45) is 7.05 Å². The van der Waals surface area contributed by atoms with Crippen LogP contribution >= 0.6 is 0 Å². The van der Waals surface area contributed by atoms with Gasteiger partial charge in [0.05, 0.1) is 0 Å². The van der Waals surface area contributed by atoms with E-state index in [1.807, 2.05) is 14.0 Å². The molecular weight excluding hydrogens is 276 g/mol. The van der Waals surface area contributed by atoms with Crippen molar-refractivity contribution in [2.75, 3.05) is 0 Å². The monoisotopic (exact) mass is 283 g/mol. The zero-order valence-electron chi connectivity index (χ0n) is 4.72. The first-order valence-corrected chi connectivity index (χ1v) is 2.04. The number of aromatic nitrogens is 3. The SMILES string of the molecule is Cc1n[c-]nn1C.[Re].